The molecule has 0 amide bonds. The summed E-state index contributed by atoms with van der Waals surface area (Å²) in [7, 11) is -0.871. The van der Waals surface area contributed by atoms with Crippen LogP contribution < -0.4 is 4.43 Å². The van der Waals surface area contributed by atoms with E-state index in [1.54, 1.807) is 6.26 Å². The van der Waals surface area contributed by atoms with E-state index in [9.17, 15) is 0 Å². The molecule has 0 atom stereocenters. The van der Waals surface area contributed by atoms with E-state index < -0.39 is 9.04 Å². The van der Waals surface area contributed by atoms with Crippen LogP contribution in [0.2, 0.25) is 13.1 Å². The first-order valence-electron chi connectivity index (χ1n) is 7.90. The van der Waals surface area contributed by atoms with Gasteiger partial charge >= 0.3 is 0 Å². The maximum absolute atomic E-state index is 6.04. The van der Waals surface area contributed by atoms with Gasteiger partial charge in [-0.25, -0.2) is 4.99 Å². The van der Waals surface area contributed by atoms with Gasteiger partial charge in [-0.2, -0.15) is 0 Å². The first kappa shape index (κ1) is 16.3. The maximum atomic E-state index is 6.04. The Balaban J connectivity index is 2.12. The zero-order chi connectivity index (χ0) is 16.9. The maximum Gasteiger partial charge on any atom is 0.274 e. The Hall–Kier alpha value is -2.59. The molecule has 2 aromatic carbocycles. The highest BCUT2D eigenvalue weighted by atomic mass is 28.3. The number of hydrogen-bond acceptors (Lipinski definition) is 3. The lowest BCUT2D eigenvalue weighted by Crippen LogP contribution is -2.11. The second-order valence-electron chi connectivity index (χ2n) is 5.79. The van der Waals surface area contributed by atoms with E-state index in [0.29, 0.717) is 0 Å². The van der Waals surface area contributed by atoms with Gasteiger partial charge in [0.1, 0.15) is 17.1 Å². The van der Waals surface area contributed by atoms with Crippen LogP contribution in [0, 0.1) is 6.92 Å². The molecule has 3 aromatic rings. The molecule has 0 bridgehead atoms. The van der Waals surface area contributed by atoms with Gasteiger partial charge in [-0.05, 0) is 49.8 Å². The molecule has 0 N–H and O–H groups in total. The Bertz CT molecular complexity index is 824. The topological polar surface area (TPSA) is 34.7 Å². The smallest absolute Gasteiger partial charge is 0.274 e. The normalized spacial score (nSPS) is 11.8. The molecule has 3 nitrogen and oxygen atoms in total. The first-order chi connectivity index (χ1) is 11.6. The van der Waals surface area contributed by atoms with E-state index in [-0.39, 0.29) is 0 Å². The molecule has 0 aliphatic rings. The molecule has 0 aliphatic carbocycles. The number of rotatable bonds is 5. The fourth-order valence-electron chi connectivity index (χ4n) is 2.41. The number of aryl methyl sites for hydroxylation is 1. The highest BCUT2D eigenvalue weighted by molar-refractivity contribution is 6.49. The van der Waals surface area contributed by atoms with Crippen molar-refractivity contribution >= 4 is 20.4 Å². The van der Waals surface area contributed by atoms with Crippen LogP contribution >= 0.6 is 0 Å². The van der Waals surface area contributed by atoms with Crippen LogP contribution in [0.3, 0.4) is 0 Å². The van der Waals surface area contributed by atoms with Crippen LogP contribution in [0.5, 0.6) is 5.75 Å². The molecule has 0 unspecified atom stereocenters. The minimum atomic E-state index is -0.871. The van der Waals surface area contributed by atoms with Crippen molar-refractivity contribution in [3.63, 3.8) is 0 Å². The summed E-state index contributed by atoms with van der Waals surface area (Å²) in [5, 5.41) is 0. The Kier molecular flexibility index (Phi) is 4.96. The molecular formula is C20H20NO2Si. The molecule has 0 aliphatic heterocycles. The van der Waals surface area contributed by atoms with Gasteiger partial charge in [-0.3, -0.25) is 0 Å². The van der Waals surface area contributed by atoms with Crippen LogP contribution in [0.4, 0.5) is 5.69 Å². The molecule has 121 valence electrons. The first-order valence-corrected chi connectivity index (χ1v) is 10.3. The van der Waals surface area contributed by atoms with E-state index >= 15 is 0 Å². The summed E-state index contributed by atoms with van der Waals surface area (Å²) in [6.07, 6.45) is 1.67. The van der Waals surface area contributed by atoms with Crippen molar-refractivity contribution in [3.05, 3.63) is 83.8 Å². The Morgan fingerprint density at radius 2 is 1.79 bits per heavy atom. The van der Waals surface area contributed by atoms with Crippen molar-refractivity contribution in [2.75, 3.05) is 0 Å². The number of furan rings is 1. The predicted molar refractivity (Wildman–Crippen MR) is 99.7 cm³/mol. The molecule has 0 saturated heterocycles. The Labute approximate surface area is 144 Å². The SMILES string of the molecule is Cc1ccc(N=C(c2ccccc2)c2ccco2)c(O[Si](C)C)c1. The zero-order valence-corrected chi connectivity index (χ0v) is 15.1. The van der Waals surface area contributed by atoms with Crippen molar-refractivity contribution < 1.29 is 8.84 Å². The minimum Gasteiger partial charge on any atom is -0.541 e. The summed E-state index contributed by atoms with van der Waals surface area (Å²) in [6, 6.07) is 20.0. The monoisotopic (exact) mass is 334 g/mol. The van der Waals surface area contributed by atoms with Crippen molar-refractivity contribution in [1.82, 2.24) is 0 Å². The summed E-state index contributed by atoms with van der Waals surface area (Å²) >= 11 is 0. The number of nitrogens with zero attached hydrogens (tertiary/aromatic N) is 1. The molecule has 3 rings (SSSR count). The molecule has 0 fully saturated rings. The van der Waals surface area contributed by atoms with Crippen molar-refractivity contribution in [2.24, 2.45) is 4.99 Å². The third-order valence-electron chi connectivity index (χ3n) is 3.46. The van der Waals surface area contributed by atoms with Gasteiger partial charge in [0, 0.05) is 5.56 Å². The highest BCUT2D eigenvalue weighted by Crippen LogP contribution is 2.31. The number of hydrogen-bond donors (Lipinski definition) is 0. The van der Waals surface area contributed by atoms with Crippen LogP contribution in [0.25, 0.3) is 0 Å². The molecule has 24 heavy (non-hydrogen) atoms. The Morgan fingerprint density at radius 3 is 2.46 bits per heavy atom. The molecule has 1 heterocycles. The molecule has 1 aromatic heterocycles. The minimum absolute atomic E-state index is 0.742. The fourth-order valence-corrected chi connectivity index (χ4v) is 3.01. The third kappa shape index (κ3) is 3.84. The summed E-state index contributed by atoms with van der Waals surface area (Å²) in [4.78, 5) is 4.88. The molecule has 1 radical (unpaired) electrons. The van der Waals surface area contributed by atoms with Gasteiger partial charge in [-0.15, -0.1) is 0 Å². The lowest BCUT2D eigenvalue weighted by molar-refractivity contribution is 0.558. The standard InChI is InChI=1S/C20H20NO2Si/c1-15-11-12-17(19(14-15)23-24(2)3)21-20(18-10-7-13-22-18)16-8-5-4-6-9-16/h4-14H,1-3H3. The van der Waals surface area contributed by atoms with Gasteiger partial charge in [0.05, 0.1) is 6.26 Å². The lowest BCUT2D eigenvalue weighted by Gasteiger charge is -2.13. The summed E-state index contributed by atoms with van der Waals surface area (Å²) in [6.45, 7) is 6.29. The van der Waals surface area contributed by atoms with Crippen molar-refractivity contribution in [3.8, 4) is 5.75 Å². The second-order valence-corrected chi connectivity index (χ2v) is 7.81. The van der Waals surface area contributed by atoms with E-state index in [0.717, 1.165) is 34.0 Å². The average Bonchev–Trinajstić information content (AvgIpc) is 3.08. The lowest BCUT2D eigenvalue weighted by atomic mass is 10.1. The van der Waals surface area contributed by atoms with Gasteiger partial charge in [0.2, 0.25) is 0 Å². The number of aliphatic imine (C=N–C) groups is 1. The van der Waals surface area contributed by atoms with Crippen molar-refractivity contribution in [2.45, 2.75) is 20.0 Å². The Morgan fingerprint density at radius 1 is 1.00 bits per heavy atom. The van der Waals surface area contributed by atoms with Gasteiger partial charge < -0.3 is 8.84 Å². The van der Waals surface area contributed by atoms with E-state index in [2.05, 4.69) is 20.0 Å². The molecular weight excluding hydrogens is 314 g/mol. The largest absolute Gasteiger partial charge is 0.541 e. The molecule has 4 heteroatoms. The predicted octanol–water partition coefficient (Wildman–Crippen LogP) is 5.39. The van der Waals surface area contributed by atoms with Crippen LogP contribution in [-0.4, -0.2) is 14.8 Å². The van der Waals surface area contributed by atoms with E-state index in [1.807, 2.05) is 60.7 Å². The van der Waals surface area contributed by atoms with Crippen LogP contribution in [0.1, 0.15) is 16.9 Å². The third-order valence-corrected chi connectivity index (χ3v) is 4.09. The van der Waals surface area contributed by atoms with E-state index in [4.69, 9.17) is 13.8 Å². The van der Waals surface area contributed by atoms with Crippen LogP contribution in [-0.2, 0) is 0 Å². The zero-order valence-electron chi connectivity index (χ0n) is 14.1. The average molecular weight is 334 g/mol. The quantitative estimate of drug-likeness (QED) is 0.463. The van der Waals surface area contributed by atoms with Crippen molar-refractivity contribution in [1.29, 1.82) is 0 Å². The van der Waals surface area contributed by atoms with Gasteiger partial charge in [0.15, 0.2) is 5.76 Å². The van der Waals surface area contributed by atoms with Gasteiger partial charge in [-0.1, -0.05) is 36.4 Å². The second kappa shape index (κ2) is 7.32. The summed E-state index contributed by atoms with van der Waals surface area (Å²) in [5.74, 6) is 1.57. The fraction of sp³-hybridized carbons (Fsp3) is 0.150. The molecule has 0 spiro atoms. The number of benzene rings is 2. The summed E-state index contributed by atoms with van der Waals surface area (Å²) in [5.41, 5.74) is 3.79. The molecule has 0 saturated carbocycles. The highest BCUT2D eigenvalue weighted by Gasteiger charge is 2.13. The van der Waals surface area contributed by atoms with E-state index in [1.165, 1.54) is 0 Å². The summed E-state index contributed by atoms with van der Waals surface area (Å²) < 4.78 is 11.6. The van der Waals surface area contributed by atoms with Crippen LogP contribution in [0.15, 0.2) is 76.3 Å². The van der Waals surface area contributed by atoms with Gasteiger partial charge in [0.25, 0.3) is 9.04 Å².